The van der Waals surface area contributed by atoms with E-state index < -0.39 is 0 Å². The van der Waals surface area contributed by atoms with Gasteiger partial charge < -0.3 is 14.2 Å². The third-order valence-electron chi connectivity index (χ3n) is 5.58. The topological polar surface area (TPSA) is 65.1 Å². The number of aryl methyl sites for hydroxylation is 2. The molecule has 2 amide bonds. The van der Waals surface area contributed by atoms with Gasteiger partial charge >= 0.3 is 0 Å². The highest BCUT2D eigenvalue weighted by molar-refractivity contribution is 8.18. The fourth-order valence-corrected chi connectivity index (χ4v) is 4.58. The van der Waals surface area contributed by atoms with Crippen LogP contribution in [0.2, 0.25) is 5.02 Å². The van der Waals surface area contributed by atoms with Gasteiger partial charge in [0.25, 0.3) is 11.1 Å². The second-order valence-corrected chi connectivity index (χ2v) is 9.71. The van der Waals surface area contributed by atoms with Gasteiger partial charge in [-0.2, -0.15) is 0 Å². The molecule has 0 unspecified atom stereocenters. The van der Waals surface area contributed by atoms with Crippen LogP contribution in [0.5, 0.6) is 17.2 Å². The summed E-state index contributed by atoms with van der Waals surface area (Å²) in [6.07, 6.45) is 1.68. The van der Waals surface area contributed by atoms with Crippen molar-refractivity contribution in [1.29, 1.82) is 0 Å². The Morgan fingerprint density at radius 1 is 0.917 bits per heavy atom. The molecule has 0 atom stereocenters. The van der Waals surface area contributed by atoms with Gasteiger partial charge in [0.2, 0.25) is 0 Å². The molecule has 3 aromatic carbocycles. The highest BCUT2D eigenvalue weighted by atomic mass is 35.5. The molecule has 8 heteroatoms. The number of thioether (sulfide) groups is 1. The van der Waals surface area contributed by atoms with Crippen molar-refractivity contribution in [2.45, 2.75) is 20.5 Å². The third kappa shape index (κ3) is 6.22. The zero-order valence-electron chi connectivity index (χ0n) is 20.2. The molecule has 1 aliphatic rings. The summed E-state index contributed by atoms with van der Waals surface area (Å²) in [6, 6.07) is 18.7. The van der Waals surface area contributed by atoms with Gasteiger partial charge in [-0.05, 0) is 84.3 Å². The number of nitrogens with zero attached hydrogens (tertiary/aromatic N) is 1. The maximum Gasteiger partial charge on any atom is 0.293 e. The Bertz CT molecular complexity index is 1310. The Morgan fingerprint density at radius 3 is 2.44 bits per heavy atom. The molecule has 0 aromatic heterocycles. The summed E-state index contributed by atoms with van der Waals surface area (Å²) in [5.74, 6) is 1.51. The van der Waals surface area contributed by atoms with Crippen LogP contribution >= 0.6 is 23.4 Å². The van der Waals surface area contributed by atoms with Gasteiger partial charge in [0.15, 0.2) is 11.5 Å². The molecule has 0 bridgehead atoms. The van der Waals surface area contributed by atoms with Crippen LogP contribution in [0.3, 0.4) is 0 Å². The Morgan fingerprint density at radius 2 is 1.69 bits per heavy atom. The van der Waals surface area contributed by atoms with Crippen molar-refractivity contribution in [3.63, 3.8) is 0 Å². The molecule has 0 aliphatic carbocycles. The van der Waals surface area contributed by atoms with Gasteiger partial charge in [0, 0.05) is 5.02 Å². The lowest BCUT2D eigenvalue weighted by atomic mass is 10.1. The number of methoxy groups -OCH3 is 1. The molecular weight excluding hydrogens is 498 g/mol. The number of hydrogen-bond donors (Lipinski definition) is 0. The van der Waals surface area contributed by atoms with Crippen LogP contribution in [0.15, 0.2) is 65.6 Å². The summed E-state index contributed by atoms with van der Waals surface area (Å²) in [5, 5.41) is 0.352. The van der Waals surface area contributed by atoms with E-state index in [0.717, 1.165) is 39.8 Å². The van der Waals surface area contributed by atoms with Crippen LogP contribution in [0.1, 0.15) is 22.3 Å². The molecular formula is C28H26ClNO5S. The van der Waals surface area contributed by atoms with E-state index in [-0.39, 0.29) is 24.3 Å². The fourth-order valence-electron chi connectivity index (χ4n) is 3.59. The van der Waals surface area contributed by atoms with Crippen molar-refractivity contribution in [1.82, 2.24) is 4.90 Å². The lowest BCUT2D eigenvalue weighted by Gasteiger charge is -2.14. The summed E-state index contributed by atoms with van der Waals surface area (Å²) in [7, 11) is 1.55. The van der Waals surface area contributed by atoms with E-state index in [1.54, 1.807) is 25.3 Å². The second kappa shape index (κ2) is 11.5. The SMILES string of the molecule is COc1cc(/C=C2\SC(=O)N(CCOc3cc(C)ccc3C)C2=O)ccc1OCc1ccc(Cl)cc1. The van der Waals surface area contributed by atoms with Crippen molar-refractivity contribution < 1.29 is 23.8 Å². The van der Waals surface area contributed by atoms with Crippen LogP contribution in [-0.2, 0) is 11.4 Å². The van der Waals surface area contributed by atoms with E-state index in [1.807, 2.05) is 62.4 Å². The molecule has 1 heterocycles. The Hall–Kier alpha value is -3.42. The third-order valence-corrected chi connectivity index (χ3v) is 6.74. The highest BCUT2D eigenvalue weighted by Gasteiger charge is 2.34. The van der Waals surface area contributed by atoms with Crippen molar-refractivity contribution in [3.05, 3.63) is 92.8 Å². The van der Waals surface area contributed by atoms with Gasteiger partial charge in [-0.25, -0.2) is 0 Å². The molecule has 36 heavy (non-hydrogen) atoms. The van der Waals surface area contributed by atoms with Crippen LogP contribution < -0.4 is 14.2 Å². The normalized spacial score (nSPS) is 14.4. The number of imide groups is 1. The summed E-state index contributed by atoms with van der Waals surface area (Å²) in [6.45, 7) is 4.70. The van der Waals surface area contributed by atoms with E-state index in [9.17, 15) is 9.59 Å². The first-order valence-electron chi connectivity index (χ1n) is 11.3. The molecule has 4 rings (SSSR count). The smallest absolute Gasteiger partial charge is 0.293 e. The van der Waals surface area contributed by atoms with E-state index in [1.165, 1.54) is 4.90 Å². The van der Waals surface area contributed by atoms with Crippen molar-refractivity contribution in [2.75, 3.05) is 20.3 Å². The van der Waals surface area contributed by atoms with Gasteiger partial charge in [0.05, 0.1) is 18.6 Å². The predicted octanol–water partition coefficient (Wildman–Crippen LogP) is 6.66. The fraction of sp³-hybridized carbons (Fsp3) is 0.214. The first-order valence-corrected chi connectivity index (χ1v) is 12.5. The first kappa shape index (κ1) is 25.7. The molecule has 186 valence electrons. The van der Waals surface area contributed by atoms with Crippen molar-refractivity contribution in [3.8, 4) is 17.2 Å². The highest BCUT2D eigenvalue weighted by Crippen LogP contribution is 2.35. The van der Waals surface area contributed by atoms with Crippen LogP contribution in [0.25, 0.3) is 6.08 Å². The Kier molecular flexibility index (Phi) is 8.23. The zero-order chi connectivity index (χ0) is 25.7. The molecule has 0 saturated carbocycles. The predicted molar refractivity (Wildman–Crippen MR) is 143 cm³/mol. The van der Waals surface area contributed by atoms with Crippen LogP contribution in [0.4, 0.5) is 4.79 Å². The molecule has 1 fully saturated rings. The number of rotatable bonds is 9. The quantitative estimate of drug-likeness (QED) is 0.292. The second-order valence-electron chi connectivity index (χ2n) is 8.28. The average Bonchev–Trinajstić information content (AvgIpc) is 3.13. The lowest BCUT2D eigenvalue weighted by Crippen LogP contribution is -2.32. The van der Waals surface area contributed by atoms with Crippen molar-refractivity contribution >= 4 is 40.6 Å². The molecule has 1 saturated heterocycles. The Balaban J connectivity index is 1.40. The standard InChI is InChI=1S/C28H26ClNO5S/c1-18-4-5-19(2)24(14-18)34-13-12-30-27(31)26(36-28(30)32)16-21-8-11-23(25(15-21)33-3)35-17-20-6-9-22(29)10-7-20/h4-11,14-16H,12-13,17H2,1-3H3/b26-16-. The number of hydrogen-bond acceptors (Lipinski definition) is 6. The minimum atomic E-state index is -0.336. The maximum atomic E-state index is 12.9. The number of carbonyl (C=O) groups excluding carboxylic acids is 2. The van der Waals surface area contributed by atoms with E-state index in [0.29, 0.717) is 28.0 Å². The van der Waals surface area contributed by atoms with Gasteiger partial charge in [-0.1, -0.05) is 41.9 Å². The summed E-state index contributed by atoms with van der Waals surface area (Å²) in [4.78, 5) is 26.9. The average molecular weight is 524 g/mol. The molecule has 1 aliphatic heterocycles. The molecule has 3 aromatic rings. The molecule has 0 spiro atoms. The summed E-state index contributed by atoms with van der Waals surface area (Å²) in [5.41, 5.74) is 3.79. The van der Waals surface area contributed by atoms with Crippen molar-refractivity contribution in [2.24, 2.45) is 0 Å². The van der Waals surface area contributed by atoms with E-state index >= 15 is 0 Å². The first-order chi connectivity index (χ1) is 17.3. The molecule has 0 N–H and O–H groups in total. The number of amides is 2. The summed E-state index contributed by atoms with van der Waals surface area (Å²) >= 11 is 6.85. The monoisotopic (exact) mass is 523 g/mol. The van der Waals surface area contributed by atoms with E-state index in [4.69, 9.17) is 25.8 Å². The number of halogens is 1. The molecule has 0 radical (unpaired) electrons. The Labute approximate surface area is 219 Å². The number of benzene rings is 3. The zero-order valence-corrected chi connectivity index (χ0v) is 21.8. The lowest BCUT2D eigenvalue weighted by molar-refractivity contribution is -0.123. The van der Waals surface area contributed by atoms with E-state index in [2.05, 4.69) is 0 Å². The number of carbonyl (C=O) groups is 2. The minimum Gasteiger partial charge on any atom is -0.493 e. The largest absolute Gasteiger partial charge is 0.493 e. The maximum absolute atomic E-state index is 12.9. The minimum absolute atomic E-state index is 0.177. The number of ether oxygens (including phenoxy) is 3. The van der Waals surface area contributed by atoms with Crippen LogP contribution in [0, 0.1) is 13.8 Å². The van der Waals surface area contributed by atoms with Gasteiger partial charge in [-0.15, -0.1) is 0 Å². The summed E-state index contributed by atoms with van der Waals surface area (Å²) < 4.78 is 17.2. The van der Waals surface area contributed by atoms with Gasteiger partial charge in [-0.3, -0.25) is 14.5 Å². The van der Waals surface area contributed by atoms with Gasteiger partial charge in [0.1, 0.15) is 19.0 Å². The van der Waals surface area contributed by atoms with Crippen LogP contribution in [-0.4, -0.2) is 36.3 Å². The molecule has 6 nitrogen and oxygen atoms in total.